The average Bonchev–Trinajstić information content (AvgIpc) is 3.26. The van der Waals surface area contributed by atoms with Crippen LogP contribution in [0.4, 0.5) is 0 Å². The molecule has 2 aromatic rings. The van der Waals surface area contributed by atoms with Gasteiger partial charge in [-0.2, -0.15) is 0 Å². The number of furan rings is 2. The van der Waals surface area contributed by atoms with Gasteiger partial charge in [0.1, 0.15) is 5.76 Å². The van der Waals surface area contributed by atoms with Crippen molar-refractivity contribution in [2.24, 2.45) is 0 Å². The second-order valence-corrected chi connectivity index (χ2v) is 5.84. The van der Waals surface area contributed by atoms with E-state index in [2.05, 4.69) is 15.5 Å². The molecule has 0 aliphatic carbocycles. The number of nitrogens with zero attached hydrogens (tertiary/aromatic N) is 1. The second-order valence-electron chi connectivity index (χ2n) is 5.45. The van der Waals surface area contributed by atoms with Crippen LogP contribution in [-0.4, -0.2) is 35.1 Å². The molecule has 3 rings (SSSR count). The van der Waals surface area contributed by atoms with E-state index in [9.17, 15) is 4.79 Å². The van der Waals surface area contributed by atoms with E-state index in [0.717, 1.165) is 36.8 Å². The highest BCUT2D eigenvalue weighted by Gasteiger charge is 2.23. The van der Waals surface area contributed by atoms with Gasteiger partial charge < -0.3 is 24.4 Å². The molecule has 2 N–H and O–H groups in total. The van der Waals surface area contributed by atoms with Gasteiger partial charge in [-0.15, -0.1) is 0 Å². The maximum Gasteiger partial charge on any atom is 0.287 e. The van der Waals surface area contributed by atoms with E-state index < -0.39 is 0 Å². The van der Waals surface area contributed by atoms with Gasteiger partial charge in [0.2, 0.25) is 0 Å². The summed E-state index contributed by atoms with van der Waals surface area (Å²) in [5, 5.41) is 6.91. The summed E-state index contributed by atoms with van der Waals surface area (Å²) < 4.78 is 10.4. The molecular formula is C16H19N3O3S. The maximum absolute atomic E-state index is 12.0. The van der Waals surface area contributed by atoms with Crippen LogP contribution in [-0.2, 0) is 6.54 Å². The van der Waals surface area contributed by atoms with Gasteiger partial charge in [0.15, 0.2) is 10.9 Å². The minimum atomic E-state index is -0.160. The lowest BCUT2D eigenvalue weighted by Gasteiger charge is -2.34. The van der Waals surface area contributed by atoms with Crippen molar-refractivity contribution in [3.8, 4) is 0 Å². The lowest BCUT2D eigenvalue weighted by atomic mass is 10.1. The molecule has 3 heterocycles. The van der Waals surface area contributed by atoms with Gasteiger partial charge in [0, 0.05) is 19.1 Å². The first-order valence-corrected chi connectivity index (χ1v) is 8.03. The minimum absolute atomic E-state index is 0.150. The van der Waals surface area contributed by atoms with Crippen molar-refractivity contribution in [3.05, 3.63) is 48.3 Å². The second kappa shape index (κ2) is 7.32. The van der Waals surface area contributed by atoms with Gasteiger partial charge >= 0.3 is 0 Å². The van der Waals surface area contributed by atoms with E-state index in [0.29, 0.717) is 12.3 Å². The summed E-state index contributed by atoms with van der Waals surface area (Å²) in [5.74, 6) is 1.04. The lowest BCUT2D eigenvalue weighted by Crippen LogP contribution is -2.49. The number of likely N-dealkylation sites (tertiary alicyclic amines) is 1. The van der Waals surface area contributed by atoms with E-state index in [-0.39, 0.29) is 11.9 Å². The Balaban J connectivity index is 1.41. The summed E-state index contributed by atoms with van der Waals surface area (Å²) in [7, 11) is 0. The highest BCUT2D eigenvalue weighted by atomic mass is 32.1. The zero-order valence-corrected chi connectivity index (χ0v) is 13.5. The molecule has 0 radical (unpaired) electrons. The van der Waals surface area contributed by atoms with Crippen LogP contribution in [0, 0.1) is 0 Å². The molecular weight excluding hydrogens is 314 g/mol. The molecule has 0 spiro atoms. The molecule has 1 amide bonds. The van der Waals surface area contributed by atoms with Crippen LogP contribution in [0.3, 0.4) is 0 Å². The zero-order chi connectivity index (χ0) is 16.1. The van der Waals surface area contributed by atoms with Crippen molar-refractivity contribution in [1.29, 1.82) is 0 Å². The van der Waals surface area contributed by atoms with E-state index in [1.165, 1.54) is 6.26 Å². The molecule has 0 unspecified atom stereocenters. The normalized spacial score (nSPS) is 15.4. The van der Waals surface area contributed by atoms with Gasteiger partial charge in [-0.3, -0.25) is 4.79 Å². The van der Waals surface area contributed by atoms with E-state index in [4.69, 9.17) is 21.1 Å². The number of thiocarbonyl (C=S) groups is 1. The summed E-state index contributed by atoms with van der Waals surface area (Å²) in [6.45, 7) is 2.21. The van der Waals surface area contributed by atoms with Crippen molar-refractivity contribution in [3.63, 3.8) is 0 Å². The van der Waals surface area contributed by atoms with Crippen LogP contribution in [0.2, 0.25) is 0 Å². The van der Waals surface area contributed by atoms with Gasteiger partial charge in [-0.1, -0.05) is 0 Å². The summed E-state index contributed by atoms with van der Waals surface area (Å²) in [4.78, 5) is 14.1. The number of rotatable bonds is 4. The number of piperidine rings is 1. The number of nitrogens with one attached hydrogen (secondary N) is 2. The monoisotopic (exact) mass is 333 g/mol. The molecule has 0 atom stereocenters. The van der Waals surface area contributed by atoms with Crippen molar-refractivity contribution in [2.45, 2.75) is 25.4 Å². The van der Waals surface area contributed by atoms with Crippen LogP contribution in [0.25, 0.3) is 0 Å². The van der Waals surface area contributed by atoms with E-state index in [1.807, 2.05) is 12.1 Å². The Morgan fingerprint density at radius 2 is 1.96 bits per heavy atom. The third-order valence-electron chi connectivity index (χ3n) is 3.86. The third kappa shape index (κ3) is 4.13. The topological polar surface area (TPSA) is 70.7 Å². The largest absolute Gasteiger partial charge is 0.467 e. The number of hydrogen-bond acceptors (Lipinski definition) is 4. The Labute approximate surface area is 139 Å². The van der Waals surface area contributed by atoms with E-state index >= 15 is 0 Å². The maximum atomic E-state index is 12.0. The van der Waals surface area contributed by atoms with Crippen molar-refractivity contribution >= 4 is 23.2 Å². The molecule has 1 fully saturated rings. The predicted molar refractivity (Wildman–Crippen MR) is 88.9 cm³/mol. The Morgan fingerprint density at radius 3 is 2.61 bits per heavy atom. The number of hydrogen-bond donors (Lipinski definition) is 2. The predicted octanol–water partition coefficient (Wildman–Crippen LogP) is 2.14. The molecule has 0 bridgehead atoms. The molecule has 2 aromatic heterocycles. The van der Waals surface area contributed by atoms with Crippen LogP contribution < -0.4 is 10.6 Å². The summed E-state index contributed by atoms with van der Waals surface area (Å²) in [6.07, 6.45) is 4.86. The third-order valence-corrected chi connectivity index (χ3v) is 4.26. The molecule has 1 aliphatic heterocycles. The average molecular weight is 333 g/mol. The Hall–Kier alpha value is -2.28. The van der Waals surface area contributed by atoms with Crippen molar-refractivity contribution in [1.82, 2.24) is 15.5 Å². The van der Waals surface area contributed by atoms with Gasteiger partial charge in [-0.25, -0.2) is 0 Å². The first-order valence-electron chi connectivity index (χ1n) is 7.62. The molecule has 0 aromatic carbocycles. The molecule has 23 heavy (non-hydrogen) atoms. The van der Waals surface area contributed by atoms with E-state index in [1.54, 1.807) is 18.4 Å². The molecule has 6 nitrogen and oxygen atoms in total. The van der Waals surface area contributed by atoms with Gasteiger partial charge in [-0.05, 0) is 49.3 Å². The molecule has 1 saturated heterocycles. The quantitative estimate of drug-likeness (QED) is 0.836. The Kier molecular flexibility index (Phi) is 4.97. The summed E-state index contributed by atoms with van der Waals surface area (Å²) in [6, 6.07) is 7.29. The highest BCUT2D eigenvalue weighted by Crippen LogP contribution is 2.12. The van der Waals surface area contributed by atoms with Crippen LogP contribution in [0.15, 0.2) is 45.6 Å². The first-order chi connectivity index (χ1) is 11.2. The SMILES string of the molecule is O=C(NC1CCN(C(=S)NCc2ccco2)CC1)c1ccco1. The lowest BCUT2D eigenvalue weighted by molar-refractivity contribution is 0.0894. The Bertz CT molecular complexity index is 632. The van der Waals surface area contributed by atoms with Crippen molar-refractivity contribution in [2.75, 3.05) is 13.1 Å². The van der Waals surface area contributed by atoms with Crippen LogP contribution in [0.1, 0.15) is 29.2 Å². The van der Waals surface area contributed by atoms with Crippen molar-refractivity contribution < 1.29 is 13.6 Å². The summed E-state index contributed by atoms with van der Waals surface area (Å²) in [5.41, 5.74) is 0. The highest BCUT2D eigenvalue weighted by molar-refractivity contribution is 7.80. The fourth-order valence-electron chi connectivity index (χ4n) is 2.58. The number of amides is 1. The molecule has 0 saturated carbocycles. The summed E-state index contributed by atoms with van der Waals surface area (Å²) >= 11 is 5.41. The fourth-order valence-corrected chi connectivity index (χ4v) is 2.83. The van der Waals surface area contributed by atoms with Gasteiger partial charge in [0.05, 0.1) is 19.1 Å². The number of carbonyl (C=O) groups is 1. The minimum Gasteiger partial charge on any atom is -0.467 e. The van der Waals surface area contributed by atoms with Gasteiger partial charge in [0.25, 0.3) is 5.91 Å². The number of carbonyl (C=O) groups excluding carboxylic acids is 1. The molecule has 7 heteroatoms. The van der Waals surface area contributed by atoms with Crippen LogP contribution >= 0.6 is 12.2 Å². The smallest absolute Gasteiger partial charge is 0.287 e. The Morgan fingerprint density at radius 1 is 1.22 bits per heavy atom. The van der Waals surface area contributed by atoms with Crippen LogP contribution in [0.5, 0.6) is 0 Å². The fraction of sp³-hybridized carbons (Fsp3) is 0.375. The molecule has 122 valence electrons. The standard InChI is InChI=1S/C16H19N3O3S/c20-15(14-4-2-10-22-14)18-12-5-7-19(8-6-12)16(23)17-11-13-3-1-9-21-13/h1-4,9-10,12H,5-8,11H2,(H,17,23)(H,18,20). The molecule has 1 aliphatic rings. The first kappa shape index (κ1) is 15.6. The zero-order valence-electron chi connectivity index (χ0n) is 12.7.